The van der Waals surface area contributed by atoms with Gasteiger partial charge in [-0.25, -0.2) is 0 Å². The van der Waals surface area contributed by atoms with Crippen LogP contribution in [-0.4, -0.2) is 62.7 Å². The van der Waals surface area contributed by atoms with Crippen LogP contribution < -0.4 is 4.74 Å². The number of rotatable bonds is 3. The minimum atomic E-state index is -1.48. The van der Waals surface area contributed by atoms with E-state index in [-0.39, 0.29) is 0 Å². The van der Waals surface area contributed by atoms with Gasteiger partial charge in [0.25, 0.3) is 0 Å². The second-order valence-electron chi connectivity index (χ2n) is 5.13. The van der Waals surface area contributed by atoms with E-state index in [1.54, 1.807) is 24.4 Å². The van der Waals surface area contributed by atoms with Crippen LogP contribution in [0.25, 0.3) is 10.9 Å². The molecule has 0 amide bonds. The number of aliphatic hydroxyl groups is 4. The molecule has 120 valence electrons. The summed E-state index contributed by atoms with van der Waals surface area (Å²) in [6.45, 7) is -0.509. The van der Waals surface area contributed by atoms with Crippen molar-refractivity contribution in [3.05, 3.63) is 29.4 Å². The van der Waals surface area contributed by atoms with Crippen LogP contribution in [0.3, 0.4) is 0 Å². The van der Waals surface area contributed by atoms with Gasteiger partial charge >= 0.3 is 0 Å². The maximum Gasteiger partial charge on any atom is 0.229 e. The number of hydrogen-bond acceptors (Lipinski definition) is 6. The van der Waals surface area contributed by atoms with Gasteiger partial charge in [-0.2, -0.15) is 0 Å². The number of aromatic nitrogens is 1. The van der Waals surface area contributed by atoms with Crippen molar-refractivity contribution in [2.75, 3.05) is 6.61 Å². The van der Waals surface area contributed by atoms with E-state index in [0.717, 1.165) is 0 Å². The van der Waals surface area contributed by atoms with E-state index in [2.05, 4.69) is 4.98 Å². The minimum absolute atomic E-state index is 0.377. The lowest BCUT2D eigenvalue weighted by molar-refractivity contribution is -0.277. The molecule has 8 heteroatoms. The van der Waals surface area contributed by atoms with Gasteiger partial charge in [0.2, 0.25) is 6.29 Å². The molecule has 0 aliphatic carbocycles. The molecule has 2 heterocycles. The third-order valence-corrected chi connectivity index (χ3v) is 4.03. The summed E-state index contributed by atoms with van der Waals surface area (Å²) < 4.78 is 10.9. The first-order valence-corrected chi connectivity index (χ1v) is 7.13. The van der Waals surface area contributed by atoms with Gasteiger partial charge in [0.15, 0.2) is 0 Å². The number of aromatic amines is 1. The van der Waals surface area contributed by atoms with E-state index in [0.29, 0.717) is 21.7 Å². The maximum atomic E-state index is 9.97. The average Bonchev–Trinajstić information content (AvgIpc) is 2.92. The second kappa shape index (κ2) is 6.04. The molecule has 0 radical (unpaired) electrons. The van der Waals surface area contributed by atoms with Crippen molar-refractivity contribution in [3.63, 3.8) is 0 Å². The van der Waals surface area contributed by atoms with Gasteiger partial charge in [0.05, 0.1) is 17.1 Å². The lowest BCUT2D eigenvalue weighted by Crippen LogP contribution is -2.60. The molecule has 2 unspecified atom stereocenters. The van der Waals surface area contributed by atoms with Crippen LogP contribution in [0.4, 0.5) is 0 Å². The highest BCUT2D eigenvalue weighted by molar-refractivity contribution is 6.35. The molecule has 0 saturated carbocycles. The lowest BCUT2D eigenvalue weighted by Gasteiger charge is -2.39. The molecule has 1 aliphatic rings. The first-order valence-electron chi connectivity index (χ1n) is 6.75. The van der Waals surface area contributed by atoms with Crippen molar-refractivity contribution in [1.29, 1.82) is 0 Å². The molecule has 1 fully saturated rings. The van der Waals surface area contributed by atoms with Gasteiger partial charge in [-0.1, -0.05) is 17.7 Å². The fraction of sp³-hybridized carbons (Fsp3) is 0.429. The van der Waals surface area contributed by atoms with Crippen LogP contribution in [0.1, 0.15) is 0 Å². The number of halogens is 1. The van der Waals surface area contributed by atoms with Gasteiger partial charge in [-0.15, -0.1) is 0 Å². The normalized spacial score (nSPS) is 32.3. The number of ether oxygens (including phenoxy) is 2. The van der Waals surface area contributed by atoms with Crippen LogP contribution in [-0.2, 0) is 4.74 Å². The van der Waals surface area contributed by atoms with Crippen LogP contribution in [0.15, 0.2) is 24.4 Å². The number of hydrogen-bond donors (Lipinski definition) is 5. The van der Waals surface area contributed by atoms with Gasteiger partial charge in [-0.05, 0) is 12.1 Å². The highest BCUT2D eigenvalue weighted by Gasteiger charge is 2.44. The summed E-state index contributed by atoms with van der Waals surface area (Å²) in [6.07, 6.45) is -5.05. The number of aliphatic hydroxyl groups excluding tert-OH is 4. The Morgan fingerprint density at radius 3 is 2.68 bits per heavy atom. The zero-order valence-electron chi connectivity index (χ0n) is 11.4. The van der Waals surface area contributed by atoms with Crippen LogP contribution in [0, 0.1) is 0 Å². The van der Waals surface area contributed by atoms with Crippen molar-refractivity contribution in [2.24, 2.45) is 0 Å². The summed E-state index contributed by atoms with van der Waals surface area (Å²) >= 11 is 6.06. The van der Waals surface area contributed by atoms with Crippen molar-refractivity contribution in [1.82, 2.24) is 4.98 Å². The highest BCUT2D eigenvalue weighted by atomic mass is 35.5. The van der Waals surface area contributed by atoms with E-state index < -0.39 is 37.3 Å². The Labute approximate surface area is 130 Å². The van der Waals surface area contributed by atoms with Gasteiger partial charge in [-0.3, -0.25) is 0 Å². The summed E-state index contributed by atoms with van der Waals surface area (Å²) in [5.74, 6) is 0.377. The smallest absolute Gasteiger partial charge is 0.229 e. The molecule has 5 N–H and O–H groups in total. The zero-order chi connectivity index (χ0) is 15.9. The fourth-order valence-corrected chi connectivity index (χ4v) is 2.71. The lowest BCUT2D eigenvalue weighted by atomic mass is 9.99. The average molecular weight is 330 g/mol. The molecular weight excluding hydrogens is 314 g/mol. The largest absolute Gasteiger partial charge is 0.460 e. The van der Waals surface area contributed by atoms with E-state index >= 15 is 0 Å². The molecule has 1 saturated heterocycles. The summed E-state index contributed by atoms with van der Waals surface area (Å²) in [6, 6.07) is 5.24. The van der Waals surface area contributed by atoms with Crippen molar-refractivity contribution in [2.45, 2.75) is 30.7 Å². The van der Waals surface area contributed by atoms with Gasteiger partial charge in [0.1, 0.15) is 30.2 Å². The first kappa shape index (κ1) is 15.5. The van der Waals surface area contributed by atoms with Gasteiger partial charge in [0, 0.05) is 11.6 Å². The molecule has 7 nitrogen and oxygen atoms in total. The SMILES string of the molecule is OCC1O[C@@H](Oc2c[nH]c3c(Cl)cccc23)C(O)[C@@H](O)[C@@H]1O. The van der Waals surface area contributed by atoms with Crippen LogP contribution >= 0.6 is 11.6 Å². The molecule has 22 heavy (non-hydrogen) atoms. The van der Waals surface area contributed by atoms with Crippen molar-refractivity contribution < 1.29 is 29.9 Å². The Morgan fingerprint density at radius 2 is 1.95 bits per heavy atom. The fourth-order valence-electron chi connectivity index (χ4n) is 2.48. The van der Waals surface area contributed by atoms with Crippen molar-refractivity contribution in [3.8, 4) is 5.75 Å². The molecule has 1 aromatic heterocycles. The predicted molar refractivity (Wildman–Crippen MR) is 77.7 cm³/mol. The standard InChI is InChI=1S/C14H16ClNO6/c15-7-3-1-2-6-8(4-16-10(6)7)21-14-13(20)12(19)11(18)9(5-17)22-14/h1-4,9,11-14,16-20H,5H2/t9?,11-,12+,13?,14-/m1/s1. The Balaban J connectivity index is 1.86. The highest BCUT2D eigenvalue weighted by Crippen LogP contribution is 2.32. The Morgan fingerprint density at radius 1 is 1.18 bits per heavy atom. The Kier molecular flexibility index (Phi) is 4.26. The maximum absolute atomic E-state index is 9.97. The van der Waals surface area contributed by atoms with Crippen molar-refractivity contribution >= 4 is 22.5 Å². The van der Waals surface area contributed by atoms with Crippen LogP contribution in [0.5, 0.6) is 5.75 Å². The summed E-state index contributed by atoms with van der Waals surface area (Å²) in [4.78, 5) is 2.95. The minimum Gasteiger partial charge on any atom is -0.460 e. The van der Waals surface area contributed by atoms with E-state index in [1.165, 1.54) is 0 Å². The molecule has 3 rings (SSSR count). The third-order valence-electron chi connectivity index (χ3n) is 3.72. The Hall–Kier alpha value is -1.35. The molecule has 5 atom stereocenters. The van der Waals surface area contributed by atoms with Gasteiger partial charge < -0.3 is 34.9 Å². The third kappa shape index (κ3) is 2.56. The number of para-hydroxylation sites is 1. The molecule has 0 spiro atoms. The second-order valence-corrected chi connectivity index (χ2v) is 5.54. The first-order chi connectivity index (χ1) is 10.5. The van der Waals surface area contributed by atoms with E-state index in [1.807, 2.05) is 0 Å². The Bertz CT molecular complexity index is 660. The zero-order valence-corrected chi connectivity index (χ0v) is 12.1. The molecular formula is C14H16ClNO6. The topological polar surface area (TPSA) is 115 Å². The summed E-state index contributed by atoms with van der Waals surface area (Å²) in [7, 11) is 0. The molecule has 1 aliphatic heterocycles. The summed E-state index contributed by atoms with van der Waals surface area (Å²) in [5.41, 5.74) is 0.670. The monoisotopic (exact) mass is 329 g/mol. The molecule has 1 aromatic carbocycles. The van der Waals surface area contributed by atoms with Crippen LogP contribution in [0.2, 0.25) is 5.02 Å². The van der Waals surface area contributed by atoms with E-state index in [4.69, 9.17) is 26.2 Å². The number of benzene rings is 1. The quantitative estimate of drug-likeness (QED) is 0.541. The predicted octanol–water partition coefficient (Wildman–Crippen LogP) is -0.000000000000000278. The summed E-state index contributed by atoms with van der Waals surface area (Å²) in [5, 5.41) is 39.8. The molecule has 2 aromatic rings. The number of nitrogens with one attached hydrogen (secondary N) is 1. The number of fused-ring (bicyclic) bond motifs is 1. The van der Waals surface area contributed by atoms with E-state index in [9.17, 15) is 15.3 Å². The molecule has 0 bridgehead atoms. The number of H-pyrrole nitrogens is 1.